The summed E-state index contributed by atoms with van der Waals surface area (Å²) in [4.78, 5) is 8.21. The van der Waals surface area contributed by atoms with Gasteiger partial charge in [-0.05, 0) is 36.4 Å². The lowest BCUT2D eigenvalue weighted by Gasteiger charge is -2.09. The summed E-state index contributed by atoms with van der Waals surface area (Å²) in [6.45, 7) is 0. The van der Waals surface area contributed by atoms with E-state index < -0.39 is 0 Å². The highest BCUT2D eigenvalue weighted by Crippen LogP contribution is 2.31. The molecule has 5 heteroatoms. The number of pyridine rings is 2. The molecule has 96 valence electrons. The monoisotopic (exact) mass is 262 g/mol. The second kappa shape index (κ2) is 4.86. The van der Waals surface area contributed by atoms with Crippen LogP contribution in [0.15, 0.2) is 48.8 Å². The van der Waals surface area contributed by atoms with Crippen LogP contribution < -0.4 is 10.5 Å². The Bertz CT molecular complexity index is 806. The second-order valence-electron chi connectivity index (χ2n) is 4.15. The molecule has 0 atom stereocenters. The van der Waals surface area contributed by atoms with E-state index in [0.29, 0.717) is 28.4 Å². The van der Waals surface area contributed by atoms with Crippen LogP contribution in [-0.4, -0.2) is 9.97 Å². The van der Waals surface area contributed by atoms with Crippen LogP contribution in [0.1, 0.15) is 5.69 Å². The van der Waals surface area contributed by atoms with Gasteiger partial charge in [0.05, 0.1) is 17.4 Å². The van der Waals surface area contributed by atoms with Gasteiger partial charge in [0.2, 0.25) is 0 Å². The van der Waals surface area contributed by atoms with E-state index in [1.54, 1.807) is 30.5 Å². The van der Waals surface area contributed by atoms with E-state index in [9.17, 15) is 0 Å². The van der Waals surface area contributed by atoms with Gasteiger partial charge in [-0.15, -0.1) is 0 Å². The van der Waals surface area contributed by atoms with Crippen molar-refractivity contribution in [3.63, 3.8) is 0 Å². The summed E-state index contributed by atoms with van der Waals surface area (Å²) in [5, 5.41) is 9.55. The fourth-order valence-corrected chi connectivity index (χ4v) is 1.89. The van der Waals surface area contributed by atoms with Crippen LogP contribution in [0, 0.1) is 11.3 Å². The zero-order valence-electron chi connectivity index (χ0n) is 10.4. The SMILES string of the molecule is N#Cc1ccc(Oc2ccc(N)c3ncccc23)cn1. The molecule has 2 N–H and O–H groups in total. The van der Waals surface area contributed by atoms with E-state index in [4.69, 9.17) is 15.7 Å². The maximum absolute atomic E-state index is 8.71. The Morgan fingerprint density at radius 1 is 1.10 bits per heavy atom. The minimum atomic E-state index is 0.348. The molecule has 0 aliphatic rings. The molecule has 5 nitrogen and oxygen atoms in total. The summed E-state index contributed by atoms with van der Waals surface area (Å²) in [5.74, 6) is 1.20. The van der Waals surface area contributed by atoms with Gasteiger partial charge in [0, 0.05) is 11.6 Å². The number of benzene rings is 1. The van der Waals surface area contributed by atoms with E-state index in [-0.39, 0.29) is 0 Å². The molecule has 2 aromatic heterocycles. The fraction of sp³-hybridized carbons (Fsp3) is 0. The van der Waals surface area contributed by atoms with Crippen LogP contribution in [0.4, 0.5) is 5.69 Å². The number of anilines is 1. The van der Waals surface area contributed by atoms with Crippen molar-refractivity contribution < 1.29 is 4.74 Å². The highest BCUT2D eigenvalue weighted by atomic mass is 16.5. The average molecular weight is 262 g/mol. The summed E-state index contributed by atoms with van der Waals surface area (Å²) in [6, 6.07) is 12.5. The molecule has 0 aliphatic heterocycles. The number of nitrogens with two attached hydrogens (primary N) is 1. The summed E-state index contributed by atoms with van der Waals surface area (Å²) in [7, 11) is 0. The lowest BCUT2D eigenvalue weighted by Crippen LogP contribution is -1.93. The lowest BCUT2D eigenvalue weighted by atomic mass is 10.2. The van der Waals surface area contributed by atoms with Gasteiger partial charge in [0.25, 0.3) is 0 Å². The van der Waals surface area contributed by atoms with Gasteiger partial charge in [-0.3, -0.25) is 4.98 Å². The molecule has 0 bridgehead atoms. The van der Waals surface area contributed by atoms with Gasteiger partial charge in [0.15, 0.2) is 0 Å². The summed E-state index contributed by atoms with van der Waals surface area (Å²) in [6.07, 6.45) is 3.20. The van der Waals surface area contributed by atoms with Crippen molar-refractivity contribution in [1.29, 1.82) is 5.26 Å². The predicted octanol–water partition coefficient (Wildman–Crippen LogP) is 2.88. The molecule has 3 rings (SSSR count). The van der Waals surface area contributed by atoms with Gasteiger partial charge < -0.3 is 10.5 Å². The van der Waals surface area contributed by atoms with Crippen molar-refractivity contribution in [3.05, 3.63) is 54.5 Å². The summed E-state index contributed by atoms with van der Waals surface area (Å²) in [5.41, 5.74) is 7.54. The third kappa shape index (κ3) is 2.10. The molecule has 0 aliphatic carbocycles. The van der Waals surface area contributed by atoms with Crippen molar-refractivity contribution in [2.24, 2.45) is 0 Å². The lowest BCUT2D eigenvalue weighted by molar-refractivity contribution is 0.485. The summed E-state index contributed by atoms with van der Waals surface area (Å²) < 4.78 is 5.78. The Balaban J connectivity index is 2.02. The van der Waals surface area contributed by atoms with Gasteiger partial charge in [-0.2, -0.15) is 5.26 Å². The molecule has 3 aromatic rings. The Morgan fingerprint density at radius 3 is 2.75 bits per heavy atom. The van der Waals surface area contributed by atoms with Gasteiger partial charge in [-0.25, -0.2) is 4.98 Å². The quantitative estimate of drug-likeness (QED) is 0.718. The molecule has 0 amide bonds. The minimum absolute atomic E-state index is 0.348. The molecule has 0 saturated carbocycles. The van der Waals surface area contributed by atoms with E-state index in [0.717, 1.165) is 5.39 Å². The van der Waals surface area contributed by atoms with E-state index in [1.807, 2.05) is 18.2 Å². The first kappa shape index (κ1) is 11.9. The number of nitrogens with zero attached hydrogens (tertiary/aromatic N) is 3. The number of ether oxygens (including phenoxy) is 1. The van der Waals surface area contributed by atoms with Gasteiger partial charge >= 0.3 is 0 Å². The number of rotatable bonds is 2. The molecule has 0 spiro atoms. The van der Waals surface area contributed by atoms with Crippen LogP contribution >= 0.6 is 0 Å². The van der Waals surface area contributed by atoms with E-state index in [2.05, 4.69) is 9.97 Å². The second-order valence-corrected chi connectivity index (χ2v) is 4.15. The molecule has 2 heterocycles. The van der Waals surface area contributed by atoms with Crippen molar-refractivity contribution in [3.8, 4) is 17.6 Å². The largest absolute Gasteiger partial charge is 0.455 e. The van der Waals surface area contributed by atoms with Crippen molar-refractivity contribution in [2.45, 2.75) is 0 Å². The number of aromatic nitrogens is 2. The highest BCUT2D eigenvalue weighted by molar-refractivity contribution is 5.93. The summed E-state index contributed by atoms with van der Waals surface area (Å²) >= 11 is 0. The third-order valence-electron chi connectivity index (χ3n) is 2.84. The van der Waals surface area contributed by atoms with Gasteiger partial charge in [0.1, 0.15) is 23.3 Å². The first-order chi connectivity index (χ1) is 9.78. The predicted molar refractivity (Wildman–Crippen MR) is 75.2 cm³/mol. The number of nitriles is 1. The number of hydrogen-bond donors (Lipinski definition) is 1. The Morgan fingerprint density at radius 2 is 2.00 bits per heavy atom. The normalized spacial score (nSPS) is 10.2. The van der Waals surface area contributed by atoms with Crippen LogP contribution in [-0.2, 0) is 0 Å². The molecular weight excluding hydrogens is 252 g/mol. The van der Waals surface area contributed by atoms with Gasteiger partial charge in [-0.1, -0.05) is 0 Å². The number of nitrogen functional groups attached to an aromatic ring is 1. The maximum Gasteiger partial charge on any atom is 0.145 e. The molecule has 0 unspecified atom stereocenters. The van der Waals surface area contributed by atoms with Crippen LogP contribution in [0.2, 0.25) is 0 Å². The smallest absolute Gasteiger partial charge is 0.145 e. The molecule has 20 heavy (non-hydrogen) atoms. The number of fused-ring (bicyclic) bond motifs is 1. The van der Waals surface area contributed by atoms with Crippen LogP contribution in [0.5, 0.6) is 11.5 Å². The Kier molecular flexibility index (Phi) is 2.90. The molecule has 1 aromatic carbocycles. The highest BCUT2D eigenvalue weighted by Gasteiger charge is 2.07. The van der Waals surface area contributed by atoms with Crippen LogP contribution in [0.25, 0.3) is 10.9 Å². The molecule has 0 radical (unpaired) electrons. The van der Waals surface area contributed by atoms with Crippen molar-refractivity contribution >= 4 is 16.6 Å². The molecule has 0 saturated heterocycles. The average Bonchev–Trinajstić information content (AvgIpc) is 2.51. The van der Waals surface area contributed by atoms with Crippen molar-refractivity contribution in [1.82, 2.24) is 9.97 Å². The zero-order chi connectivity index (χ0) is 13.9. The zero-order valence-corrected chi connectivity index (χ0v) is 10.4. The molecular formula is C15H10N4O. The van der Waals surface area contributed by atoms with E-state index in [1.165, 1.54) is 6.20 Å². The van der Waals surface area contributed by atoms with Crippen LogP contribution in [0.3, 0.4) is 0 Å². The number of hydrogen-bond acceptors (Lipinski definition) is 5. The first-order valence-electron chi connectivity index (χ1n) is 5.95. The van der Waals surface area contributed by atoms with E-state index >= 15 is 0 Å². The maximum atomic E-state index is 8.71. The third-order valence-corrected chi connectivity index (χ3v) is 2.84. The van der Waals surface area contributed by atoms with Crippen molar-refractivity contribution in [2.75, 3.05) is 5.73 Å². The Hall–Kier alpha value is -3.13. The standard InChI is InChI=1S/C15H10N4O/c16-8-10-3-4-11(9-19-10)20-14-6-5-13(17)15-12(14)2-1-7-18-15/h1-7,9H,17H2. The minimum Gasteiger partial charge on any atom is -0.455 e. The first-order valence-corrected chi connectivity index (χ1v) is 5.95. The topological polar surface area (TPSA) is 84.8 Å². The fourth-order valence-electron chi connectivity index (χ4n) is 1.89. The Labute approximate surface area is 115 Å². The molecule has 0 fully saturated rings.